The minimum absolute atomic E-state index is 0.0484. The van der Waals surface area contributed by atoms with E-state index in [9.17, 15) is 58.2 Å². The van der Waals surface area contributed by atoms with Gasteiger partial charge in [0.05, 0.1) is 43.9 Å². The summed E-state index contributed by atoms with van der Waals surface area (Å²) in [7, 11) is 0. The number of benzene rings is 1. The molecule has 24 nitrogen and oxygen atoms in total. The fraction of sp³-hybridized carbons (Fsp3) is 0.441. The van der Waals surface area contributed by atoms with Crippen LogP contribution in [-0.4, -0.2) is 139 Å². The molecule has 1 aromatic heterocycles. The number of amides is 8. The number of phenolic OH excluding ortho intramolecular Hbond substituents is 1. The smallest absolute Gasteiger partial charge is 0.305 e. The van der Waals surface area contributed by atoms with Crippen LogP contribution in [0.4, 0.5) is 0 Å². The van der Waals surface area contributed by atoms with Crippen LogP contribution in [0.1, 0.15) is 43.4 Å². The van der Waals surface area contributed by atoms with E-state index >= 15 is 0 Å². The molecule has 0 aliphatic carbocycles. The summed E-state index contributed by atoms with van der Waals surface area (Å²) in [6.07, 6.45) is 0.372. The molecule has 1 aromatic carbocycles. The summed E-state index contributed by atoms with van der Waals surface area (Å²) in [6.45, 7) is -0.826. The Balaban J connectivity index is 1.73. The van der Waals surface area contributed by atoms with Gasteiger partial charge < -0.3 is 69.0 Å². The van der Waals surface area contributed by atoms with Gasteiger partial charge in [-0.25, -0.2) is 4.98 Å². The van der Waals surface area contributed by atoms with Crippen molar-refractivity contribution in [2.24, 2.45) is 17.2 Å². The molecule has 1 aliphatic heterocycles. The van der Waals surface area contributed by atoms with E-state index in [-0.39, 0.29) is 31.6 Å². The highest BCUT2D eigenvalue weighted by Crippen LogP contribution is 2.19. The zero-order valence-electron chi connectivity index (χ0n) is 30.8. The zero-order valence-corrected chi connectivity index (χ0v) is 30.8. The molecule has 2 heterocycles. The number of aliphatic carboxylic acids is 2. The van der Waals surface area contributed by atoms with E-state index in [4.69, 9.17) is 22.3 Å². The number of rotatable bonds is 22. The number of hydrogen-bond donors (Lipinski definition) is 12. The summed E-state index contributed by atoms with van der Waals surface area (Å²) in [5, 5.41) is 39.6. The second kappa shape index (κ2) is 21.3. The minimum Gasteiger partial charge on any atom is -0.508 e. The Kier molecular flexibility index (Phi) is 16.6. The molecule has 3 rings (SSSR count). The van der Waals surface area contributed by atoms with Gasteiger partial charge in [-0.05, 0) is 30.5 Å². The Morgan fingerprint density at radius 2 is 1.41 bits per heavy atom. The predicted octanol–water partition coefficient (Wildman–Crippen LogP) is -5.42. The monoisotopic (exact) mass is 815 g/mol. The first-order chi connectivity index (χ1) is 27.3. The number of aromatic amines is 1. The van der Waals surface area contributed by atoms with Gasteiger partial charge in [0.25, 0.3) is 0 Å². The molecule has 8 amide bonds. The molecule has 1 saturated heterocycles. The largest absolute Gasteiger partial charge is 0.508 e. The molecule has 24 heteroatoms. The Bertz CT molecular complexity index is 1860. The van der Waals surface area contributed by atoms with Crippen LogP contribution in [0, 0.1) is 0 Å². The van der Waals surface area contributed by atoms with Crippen molar-refractivity contribution in [3.63, 3.8) is 0 Å². The van der Waals surface area contributed by atoms with E-state index in [0.29, 0.717) is 17.7 Å². The molecule has 0 radical (unpaired) electrons. The maximum atomic E-state index is 13.6. The summed E-state index contributed by atoms with van der Waals surface area (Å²) in [4.78, 5) is 133. The van der Waals surface area contributed by atoms with Gasteiger partial charge in [-0.1, -0.05) is 12.1 Å². The molecule has 6 atom stereocenters. The fourth-order valence-corrected chi connectivity index (χ4v) is 5.85. The van der Waals surface area contributed by atoms with Crippen molar-refractivity contribution in [1.82, 2.24) is 41.5 Å². The Morgan fingerprint density at radius 1 is 0.793 bits per heavy atom. The maximum absolute atomic E-state index is 13.6. The van der Waals surface area contributed by atoms with Crippen LogP contribution in [0.15, 0.2) is 36.8 Å². The fourth-order valence-electron chi connectivity index (χ4n) is 5.85. The first-order valence-corrected chi connectivity index (χ1v) is 17.7. The van der Waals surface area contributed by atoms with E-state index in [1.165, 1.54) is 36.8 Å². The van der Waals surface area contributed by atoms with Gasteiger partial charge in [0.2, 0.25) is 47.3 Å². The molecular formula is C34H45N11O13. The molecule has 2 aromatic rings. The number of primary amides is 2. The van der Waals surface area contributed by atoms with E-state index in [2.05, 4.69) is 36.6 Å². The predicted molar refractivity (Wildman–Crippen MR) is 195 cm³/mol. The molecule has 15 N–H and O–H groups in total. The Hall–Kier alpha value is -7.11. The molecule has 314 valence electrons. The van der Waals surface area contributed by atoms with E-state index in [1.807, 2.05) is 0 Å². The van der Waals surface area contributed by atoms with Gasteiger partial charge in [0, 0.05) is 25.6 Å². The third-order valence-electron chi connectivity index (χ3n) is 8.68. The van der Waals surface area contributed by atoms with Crippen molar-refractivity contribution >= 4 is 59.2 Å². The molecule has 1 fully saturated rings. The maximum Gasteiger partial charge on any atom is 0.305 e. The lowest BCUT2D eigenvalue weighted by Gasteiger charge is -2.27. The quantitative estimate of drug-likeness (QED) is 0.0528. The lowest BCUT2D eigenvalue weighted by molar-refractivity contribution is -0.144. The van der Waals surface area contributed by atoms with Crippen LogP contribution in [0.3, 0.4) is 0 Å². The van der Waals surface area contributed by atoms with Gasteiger partial charge in [-0.2, -0.15) is 0 Å². The number of carboxylic acids is 2. The average Bonchev–Trinajstić information content (AvgIpc) is 3.85. The number of nitrogens with one attached hydrogen (secondary N) is 6. The first-order valence-electron chi connectivity index (χ1n) is 17.7. The number of carbonyl (C=O) groups is 10. The van der Waals surface area contributed by atoms with Crippen LogP contribution in [0.2, 0.25) is 0 Å². The number of imidazole rings is 1. The normalized spacial score (nSPS) is 16.0. The molecule has 0 saturated carbocycles. The number of phenols is 1. The number of nitrogens with zero attached hydrogens (tertiary/aromatic N) is 2. The van der Waals surface area contributed by atoms with Crippen LogP contribution in [-0.2, 0) is 60.8 Å². The van der Waals surface area contributed by atoms with E-state index in [0.717, 1.165) is 4.90 Å². The number of aromatic nitrogens is 2. The standard InChI is InChI=1S/C34H45N11O13/c35-19(10-27(49)50)34(58)45-7-1-2-24(45)33(57)44-23(12-28(51)52)30(54)39-14-26(48)41-21(8-16-3-5-18(46)6-4-16)31(55)43-22(11-25(36)47)32(56)42-20(29(37)53)9-17-13-38-15-40-17/h3-6,13,15,19-24,46H,1-2,7-12,14,35H2,(H2,36,47)(H2,37,53)(H,38,40)(H,39,54)(H,41,48)(H,42,56)(H,43,55)(H,44,57)(H,49,50)(H,51,52)/t19-,20+,21+,22+,23+,24+/m1/s1. The van der Waals surface area contributed by atoms with Crippen molar-refractivity contribution in [2.45, 2.75) is 81.2 Å². The van der Waals surface area contributed by atoms with Crippen LogP contribution in [0.25, 0.3) is 0 Å². The van der Waals surface area contributed by atoms with Crippen LogP contribution < -0.4 is 43.8 Å². The number of carbonyl (C=O) groups excluding carboxylic acids is 8. The number of nitrogens with two attached hydrogens (primary N) is 3. The number of aromatic hydroxyl groups is 1. The highest BCUT2D eigenvalue weighted by atomic mass is 16.4. The van der Waals surface area contributed by atoms with E-state index in [1.54, 1.807) is 0 Å². The molecule has 58 heavy (non-hydrogen) atoms. The summed E-state index contributed by atoms with van der Waals surface area (Å²) in [5.74, 6) is -11.0. The summed E-state index contributed by atoms with van der Waals surface area (Å²) < 4.78 is 0. The van der Waals surface area contributed by atoms with Gasteiger partial charge in [-0.15, -0.1) is 0 Å². The van der Waals surface area contributed by atoms with Crippen molar-refractivity contribution in [3.8, 4) is 5.75 Å². The molecule has 0 bridgehead atoms. The number of H-pyrrole nitrogens is 1. The average molecular weight is 816 g/mol. The number of likely N-dealkylation sites (tertiary alicyclic amines) is 1. The SMILES string of the molecule is NC(=O)C[C@H](NC(=O)[C@H](Cc1ccc(O)cc1)NC(=O)CNC(=O)[C@H](CC(=O)O)NC(=O)[C@@H]1CCCN1C(=O)[C@H](N)CC(=O)O)C(=O)N[C@@H](Cc1c[nH]cn1)C(N)=O. The number of hydrogen-bond acceptors (Lipinski definition) is 13. The van der Waals surface area contributed by atoms with Crippen LogP contribution >= 0.6 is 0 Å². The zero-order chi connectivity index (χ0) is 43.1. The number of carboxylic acid groups (broad SMARTS) is 2. The second-order valence-electron chi connectivity index (χ2n) is 13.2. The summed E-state index contributed by atoms with van der Waals surface area (Å²) in [6, 6.07) is -3.52. The minimum atomic E-state index is -1.76. The third-order valence-corrected chi connectivity index (χ3v) is 8.68. The Labute approximate surface area is 329 Å². The summed E-state index contributed by atoms with van der Waals surface area (Å²) in [5.41, 5.74) is 17.2. The highest BCUT2D eigenvalue weighted by molar-refractivity contribution is 5.98. The molecular weight excluding hydrogens is 770 g/mol. The molecule has 0 unspecified atom stereocenters. The second-order valence-corrected chi connectivity index (χ2v) is 13.2. The van der Waals surface area contributed by atoms with Crippen molar-refractivity contribution in [3.05, 3.63) is 48.0 Å². The van der Waals surface area contributed by atoms with Crippen molar-refractivity contribution < 1.29 is 63.3 Å². The molecule has 1 aliphatic rings. The van der Waals surface area contributed by atoms with Crippen molar-refractivity contribution in [1.29, 1.82) is 0 Å². The third kappa shape index (κ3) is 14.2. The van der Waals surface area contributed by atoms with Gasteiger partial charge in [0.1, 0.15) is 36.0 Å². The topological polar surface area (TPSA) is 402 Å². The van der Waals surface area contributed by atoms with Crippen molar-refractivity contribution in [2.75, 3.05) is 13.1 Å². The Morgan fingerprint density at radius 3 is 2.00 bits per heavy atom. The lowest BCUT2D eigenvalue weighted by atomic mass is 10.0. The van der Waals surface area contributed by atoms with Gasteiger partial charge in [0.15, 0.2) is 0 Å². The van der Waals surface area contributed by atoms with Crippen LogP contribution in [0.5, 0.6) is 5.75 Å². The van der Waals surface area contributed by atoms with Gasteiger partial charge >= 0.3 is 11.9 Å². The lowest BCUT2D eigenvalue weighted by Crippen LogP contribution is -2.58. The molecule has 0 spiro atoms. The van der Waals surface area contributed by atoms with Gasteiger partial charge in [-0.3, -0.25) is 47.9 Å². The van der Waals surface area contributed by atoms with E-state index < -0.39 is 121 Å². The summed E-state index contributed by atoms with van der Waals surface area (Å²) >= 11 is 0. The first kappa shape index (κ1) is 45.3. The highest BCUT2D eigenvalue weighted by Gasteiger charge is 2.38.